The predicted octanol–water partition coefficient (Wildman–Crippen LogP) is 2.31. The summed E-state index contributed by atoms with van der Waals surface area (Å²) in [5, 5.41) is 2.78. The zero-order valence-electron chi connectivity index (χ0n) is 8.06. The van der Waals surface area contributed by atoms with Gasteiger partial charge in [0.15, 0.2) is 0 Å². The summed E-state index contributed by atoms with van der Waals surface area (Å²) in [5.74, 6) is 0. The first-order valence-corrected chi connectivity index (χ1v) is 4.76. The fourth-order valence-corrected chi connectivity index (χ4v) is 2.24. The molecule has 3 heteroatoms. The number of alkyl halides is 2. The first-order valence-electron chi connectivity index (χ1n) is 4.76. The summed E-state index contributed by atoms with van der Waals surface area (Å²) < 4.78 is 26.0. The van der Waals surface area contributed by atoms with Gasteiger partial charge in [0, 0.05) is 0 Å². The standard InChI is InChI=1S/C11H13F2N/c1-14-11(10(12)13)7-6-8-4-2-3-5-9(8)11/h2-5,10,14H,6-7H2,1H3. The van der Waals surface area contributed by atoms with Crippen molar-refractivity contribution in [1.82, 2.24) is 5.32 Å². The maximum Gasteiger partial charge on any atom is 0.260 e. The molecule has 0 bridgehead atoms. The molecule has 0 spiro atoms. The van der Waals surface area contributed by atoms with Crippen LogP contribution in [0.25, 0.3) is 0 Å². The molecule has 2 rings (SSSR count). The summed E-state index contributed by atoms with van der Waals surface area (Å²) in [7, 11) is 1.61. The lowest BCUT2D eigenvalue weighted by atomic mass is 9.92. The van der Waals surface area contributed by atoms with Gasteiger partial charge in [-0.05, 0) is 31.0 Å². The van der Waals surface area contributed by atoms with E-state index in [0.717, 1.165) is 17.5 Å². The number of rotatable bonds is 2. The van der Waals surface area contributed by atoms with Crippen LogP contribution in [0.15, 0.2) is 24.3 Å². The van der Waals surface area contributed by atoms with E-state index in [1.807, 2.05) is 18.2 Å². The second-order valence-electron chi connectivity index (χ2n) is 3.68. The van der Waals surface area contributed by atoms with Crippen molar-refractivity contribution in [3.63, 3.8) is 0 Å². The lowest BCUT2D eigenvalue weighted by molar-refractivity contribution is 0.0328. The normalized spacial score (nSPS) is 25.4. The van der Waals surface area contributed by atoms with Crippen LogP contribution in [0.3, 0.4) is 0 Å². The van der Waals surface area contributed by atoms with E-state index >= 15 is 0 Å². The number of nitrogens with one attached hydrogen (secondary N) is 1. The van der Waals surface area contributed by atoms with Gasteiger partial charge in [0.2, 0.25) is 0 Å². The molecule has 0 amide bonds. The van der Waals surface area contributed by atoms with E-state index in [0.29, 0.717) is 6.42 Å². The number of benzene rings is 1. The van der Waals surface area contributed by atoms with Crippen LogP contribution in [0.1, 0.15) is 17.5 Å². The Bertz CT molecular complexity index is 338. The minimum absolute atomic E-state index is 0.487. The molecular weight excluding hydrogens is 184 g/mol. The van der Waals surface area contributed by atoms with Gasteiger partial charge in [-0.3, -0.25) is 0 Å². The van der Waals surface area contributed by atoms with Gasteiger partial charge in [-0.1, -0.05) is 24.3 Å². The van der Waals surface area contributed by atoms with E-state index in [-0.39, 0.29) is 0 Å². The minimum Gasteiger partial charge on any atom is -0.306 e. The van der Waals surface area contributed by atoms with Crippen LogP contribution in [-0.4, -0.2) is 13.5 Å². The maximum atomic E-state index is 13.0. The van der Waals surface area contributed by atoms with Crippen molar-refractivity contribution in [2.45, 2.75) is 24.8 Å². The van der Waals surface area contributed by atoms with Crippen LogP contribution in [0.4, 0.5) is 8.78 Å². The summed E-state index contributed by atoms with van der Waals surface area (Å²) in [6.07, 6.45) is -1.13. The van der Waals surface area contributed by atoms with Crippen molar-refractivity contribution in [3.8, 4) is 0 Å². The van der Waals surface area contributed by atoms with Gasteiger partial charge in [0.05, 0.1) is 0 Å². The molecule has 0 aliphatic heterocycles. The van der Waals surface area contributed by atoms with Gasteiger partial charge >= 0.3 is 0 Å². The molecule has 14 heavy (non-hydrogen) atoms. The van der Waals surface area contributed by atoms with Crippen LogP contribution in [-0.2, 0) is 12.0 Å². The Balaban J connectivity index is 2.50. The third-order valence-electron chi connectivity index (χ3n) is 3.11. The number of hydrogen-bond acceptors (Lipinski definition) is 1. The number of hydrogen-bond donors (Lipinski definition) is 1. The Kier molecular flexibility index (Phi) is 2.27. The number of halogens is 2. The van der Waals surface area contributed by atoms with Gasteiger partial charge < -0.3 is 5.32 Å². The topological polar surface area (TPSA) is 12.0 Å². The molecule has 1 aromatic rings. The summed E-state index contributed by atoms with van der Waals surface area (Å²) in [6.45, 7) is 0. The van der Waals surface area contributed by atoms with Crippen LogP contribution in [0, 0.1) is 0 Å². The molecule has 1 unspecified atom stereocenters. The Morgan fingerprint density at radius 2 is 2.07 bits per heavy atom. The van der Waals surface area contributed by atoms with Crippen molar-refractivity contribution in [2.24, 2.45) is 0 Å². The van der Waals surface area contributed by atoms with E-state index < -0.39 is 12.0 Å². The average Bonchev–Trinajstić information content (AvgIpc) is 2.57. The van der Waals surface area contributed by atoms with Crippen molar-refractivity contribution in [3.05, 3.63) is 35.4 Å². The molecule has 1 aliphatic rings. The quantitative estimate of drug-likeness (QED) is 0.767. The average molecular weight is 197 g/mol. The smallest absolute Gasteiger partial charge is 0.260 e. The molecule has 1 aromatic carbocycles. The Morgan fingerprint density at radius 1 is 1.36 bits per heavy atom. The predicted molar refractivity (Wildman–Crippen MR) is 51.5 cm³/mol. The highest BCUT2D eigenvalue weighted by Crippen LogP contribution is 2.40. The first kappa shape index (κ1) is 9.59. The molecule has 0 saturated heterocycles. The zero-order valence-corrected chi connectivity index (χ0v) is 8.06. The van der Waals surface area contributed by atoms with Gasteiger partial charge in [-0.2, -0.15) is 0 Å². The highest BCUT2D eigenvalue weighted by molar-refractivity contribution is 5.39. The Hall–Kier alpha value is -0.960. The first-order chi connectivity index (χ1) is 6.70. The summed E-state index contributed by atoms with van der Waals surface area (Å²) in [6, 6.07) is 7.44. The molecule has 1 atom stereocenters. The molecule has 76 valence electrons. The van der Waals surface area contributed by atoms with E-state index in [9.17, 15) is 8.78 Å². The molecular formula is C11H13F2N. The van der Waals surface area contributed by atoms with Crippen LogP contribution in [0.2, 0.25) is 0 Å². The van der Waals surface area contributed by atoms with Crippen LogP contribution < -0.4 is 5.32 Å². The number of fused-ring (bicyclic) bond motifs is 1. The van der Waals surface area contributed by atoms with Crippen molar-refractivity contribution >= 4 is 0 Å². The third-order valence-corrected chi connectivity index (χ3v) is 3.11. The molecule has 1 aliphatic carbocycles. The molecule has 1 nitrogen and oxygen atoms in total. The molecule has 0 saturated carbocycles. The van der Waals surface area contributed by atoms with Crippen molar-refractivity contribution in [2.75, 3.05) is 7.05 Å². The maximum absolute atomic E-state index is 13.0. The largest absolute Gasteiger partial charge is 0.306 e. The zero-order chi connectivity index (χ0) is 10.2. The highest BCUT2D eigenvalue weighted by Gasteiger charge is 2.44. The molecule has 0 aromatic heterocycles. The van der Waals surface area contributed by atoms with Gasteiger partial charge in [0.1, 0.15) is 5.54 Å². The second-order valence-corrected chi connectivity index (χ2v) is 3.68. The monoisotopic (exact) mass is 197 g/mol. The SMILES string of the molecule is CNC1(C(F)F)CCc2ccccc21. The minimum atomic E-state index is -2.35. The van der Waals surface area contributed by atoms with Gasteiger partial charge in [-0.25, -0.2) is 8.78 Å². The Morgan fingerprint density at radius 3 is 2.71 bits per heavy atom. The Labute approximate surface area is 82.1 Å². The number of aryl methyl sites for hydroxylation is 1. The van der Waals surface area contributed by atoms with Crippen molar-refractivity contribution in [1.29, 1.82) is 0 Å². The lowest BCUT2D eigenvalue weighted by Gasteiger charge is -2.29. The van der Waals surface area contributed by atoms with Gasteiger partial charge in [-0.15, -0.1) is 0 Å². The molecule has 0 heterocycles. The highest BCUT2D eigenvalue weighted by atomic mass is 19.3. The van der Waals surface area contributed by atoms with E-state index in [1.165, 1.54) is 0 Å². The van der Waals surface area contributed by atoms with Crippen LogP contribution >= 0.6 is 0 Å². The van der Waals surface area contributed by atoms with Crippen molar-refractivity contribution < 1.29 is 8.78 Å². The summed E-state index contributed by atoms with van der Waals surface area (Å²) in [4.78, 5) is 0. The fraction of sp³-hybridized carbons (Fsp3) is 0.455. The van der Waals surface area contributed by atoms with E-state index in [1.54, 1.807) is 13.1 Å². The van der Waals surface area contributed by atoms with E-state index in [4.69, 9.17) is 0 Å². The fourth-order valence-electron chi connectivity index (χ4n) is 2.24. The van der Waals surface area contributed by atoms with E-state index in [2.05, 4.69) is 5.32 Å². The van der Waals surface area contributed by atoms with Gasteiger partial charge in [0.25, 0.3) is 6.43 Å². The molecule has 0 fully saturated rings. The third kappa shape index (κ3) is 1.16. The molecule has 1 N–H and O–H groups in total. The summed E-state index contributed by atoms with van der Waals surface area (Å²) >= 11 is 0. The molecule has 0 radical (unpaired) electrons. The summed E-state index contributed by atoms with van der Waals surface area (Å²) in [5.41, 5.74) is 0.691. The lowest BCUT2D eigenvalue weighted by Crippen LogP contribution is -2.44. The van der Waals surface area contributed by atoms with Crippen LogP contribution in [0.5, 0.6) is 0 Å². The second kappa shape index (κ2) is 3.31.